The summed E-state index contributed by atoms with van der Waals surface area (Å²) in [5.41, 5.74) is 2.94. The van der Waals surface area contributed by atoms with E-state index in [0.29, 0.717) is 23.9 Å². The van der Waals surface area contributed by atoms with E-state index in [0.717, 1.165) is 16.7 Å². The molecule has 2 aromatic carbocycles. The van der Waals surface area contributed by atoms with Crippen LogP contribution in [-0.2, 0) is 6.54 Å². The zero-order valence-corrected chi connectivity index (χ0v) is 17.8. The van der Waals surface area contributed by atoms with E-state index in [9.17, 15) is 4.79 Å². The number of methoxy groups -OCH3 is 1. The number of amides is 1. The van der Waals surface area contributed by atoms with Gasteiger partial charge in [-0.1, -0.05) is 42.5 Å². The van der Waals surface area contributed by atoms with Gasteiger partial charge in [0.15, 0.2) is 17.3 Å². The lowest BCUT2D eigenvalue weighted by Gasteiger charge is -2.14. The van der Waals surface area contributed by atoms with Gasteiger partial charge in [0.2, 0.25) is 5.88 Å². The summed E-state index contributed by atoms with van der Waals surface area (Å²) >= 11 is 0. The van der Waals surface area contributed by atoms with Gasteiger partial charge in [-0.25, -0.2) is 4.98 Å². The number of carbonyl (C=O) groups excluding carboxylic acids is 1. The van der Waals surface area contributed by atoms with Crippen molar-refractivity contribution in [1.29, 1.82) is 0 Å². The minimum atomic E-state index is -0.352. The molecule has 0 aliphatic carbocycles. The van der Waals surface area contributed by atoms with Crippen LogP contribution in [0, 0.1) is 6.92 Å². The van der Waals surface area contributed by atoms with Crippen LogP contribution in [0.4, 0.5) is 0 Å². The van der Waals surface area contributed by atoms with Crippen LogP contribution in [0.1, 0.15) is 21.5 Å². The Morgan fingerprint density at radius 1 is 1.00 bits per heavy atom. The van der Waals surface area contributed by atoms with Crippen LogP contribution in [0.3, 0.4) is 0 Å². The molecular formula is C25H22N4O3. The van der Waals surface area contributed by atoms with Crippen molar-refractivity contribution in [2.75, 3.05) is 7.11 Å². The molecule has 0 radical (unpaired) electrons. The van der Waals surface area contributed by atoms with Crippen LogP contribution in [0.15, 0.2) is 79.3 Å². The molecule has 1 amide bonds. The number of carbonyl (C=O) groups is 1. The molecule has 0 unspecified atom stereocenters. The normalized spacial score (nSPS) is 10.4. The fraction of sp³-hybridized carbons (Fsp3) is 0.120. The Morgan fingerprint density at radius 3 is 2.59 bits per heavy atom. The molecule has 0 fully saturated rings. The highest BCUT2D eigenvalue weighted by Crippen LogP contribution is 2.33. The minimum absolute atomic E-state index is 0.143. The quantitative estimate of drug-likeness (QED) is 0.466. The Kier molecular flexibility index (Phi) is 6.36. The first-order valence-corrected chi connectivity index (χ1v) is 10.1. The maximum Gasteiger partial charge on any atom is 0.258 e. The van der Waals surface area contributed by atoms with Crippen molar-refractivity contribution in [3.05, 3.63) is 95.9 Å². The molecular weight excluding hydrogens is 404 g/mol. The zero-order chi connectivity index (χ0) is 22.3. The standard InChI is InChI=1S/C25H22N4O3/c1-17-10-11-21(22(13-17)31-2)32-25-20(24(30)28-15-18-7-6-12-26-14-18)16-27-23(29-25)19-8-4-3-5-9-19/h3-14,16H,15H2,1-2H3,(H,28,30). The lowest BCUT2D eigenvalue weighted by atomic mass is 10.2. The van der Waals surface area contributed by atoms with Crippen molar-refractivity contribution < 1.29 is 14.3 Å². The maximum atomic E-state index is 13.0. The second kappa shape index (κ2) is 9.70. The number of aryl methyl sites for hydroxylation is 1. The molecule has 0 atom stereocenters. The molecule has 0 saturated heterocycles. The van der Waals surface area contributed by atoms with Gasteiger partial charge in [0.25, 0.3) is 5.91 Å². The van der Waals surface area contributed by atoms with Crippen LogP contribution < -0.4 is 14.8 Å². The van der Waals surface area contributed by atoms with E-state index in [4.69, 9.17) is 9.47 Å². The summed E-state index contributed by atoms with van der Waals surface area (Å²) in [7, 11) is 1.57. The first-order chi connectivity index (χ1) is 15.6. The molecule has 2 heterocycles. The average molecular weight is 426 g/mol. The summed E-state index contributed by atoms with van der Waals surface area (Å²) in [5.74, 6) is 1.25. The van der Waals surface area contributed by atoms with Crippen molar-refractivity contribution in [3.63, 3.8) is 0 Å². The van der Waals surface area contributed by atoms with Gasteiger partial charge in [-0.05, 0) is 36.2 Å². The number of benzene rings is 2. The topological polar surface area (TPSA) is 86.2 Å². The largest absolute Gasteiger partial charge is 0.493 e. The fourth-order valence-electron chi connectivity index (χ4n) is 3.07. The first-order valence-electron chi connectivity index (χ1n) is 10.1. The predicted octanol–water partition coefficient (Wildman–Crippen LogP) is 4.58. The molecule has 0 aliphatic rings. The second-order valence-corrected chi connectivity index (χ2v) is 7.08. The molecule has 4 rings (SSSR count). The predicted molar refractivity (Wildman–Crippen MR) is 121 cm³/mol. The number of hydrogen-bond donors (Lipinski definition) is 1. The van der Waals surface area contributed by atoms with E-state index in [-0.39, 0.29) is 17.4 Å². The highest BCUT2D eigenvalue weighted by Gasteiger charge is 2.19. The maximum absolute atomic E-state index is 13.0. The molecule has 160 valence electrons. The van der Waals surface area contributed by atoms with Crippen molar-refractivity contribution >= 4 is 5.91 Å². The van der Waals surface area contributed by atoms with E-state index >= 15 is 0 Å². The molecule has 7 nitrogen and oxygen atoms in total. The summed E-state index contributed by atoms with van der Waals surface area (Å²) in [6.07, 6.45) is 4.86. The van der Waals surface area contributed by atoms with Gasteiger partial charge >= 0.3 is 0 Å². The second-order valence-electron chi connectivity index (χ2n) is 7.08. The Hall–Kier alpha value is -4.26. The van der Waals surface area contributed by atoms with Crippen molar-refractivity contribution in [3.8, 4) is 28.8 Å². The SMILES string of the molecule is COc1cc(C)ccc1Oc1nc(-c2ccccc2)ncc1C(=O)NCc1cccnc1. The molecule has 4 aromatic rings. The average Bonchev–Trinajstić information content (AvgIpc) is 2.84. The van der Waals surface area contributed by atoms with Gasteiger partial charge in [-0.3, -0.25) is 9.78 Å². The lowest BCUT2D eigenvalue weighted by Crippen LogP contribution is -2.24. The molecule has 1 N–H and O–H groups in total. The number of hydrogen-bond acceptors (Lipinski definition) is 6. The number of aromatic nitrogens is 3. The lowest BCUT2D eigenvalue weighted by molar-refractivity contribution is 0.0947. The van der Waals surface area contributed by atoms with E-state index in [2.05, 4.69) is 20.3 Å². The van der Waals surface area contributed by atoms with Crippen molar-refractivity contribution in [2.24, 2.45) is 0 Å². The Morgan fingerprint density at radius 2 is 1.84 bits per heavy atom. The molecule has 32 heavy (non-hydrogen) atoms. The van der Waals surface area contributed by atoms with Crippen LogP contribution >= 0.6 is 0 Å². The van der Waals surface area contributed by atoms with Crippen LogP contribution in [0.5, 0.6) is 17.4 Å². The van der Waals surface area contributed by atoms with Gasteiger partial charge in [0.05, 0.1) is 7.11 Å². The van der Waals surface area contributed by atoms with Crippen molar-refractivity contribution in [1.82, 2.24) is 20.3 Å². The summed E-state index contributed by atoms with van der Waals surface area (Å²) in [6, 6.07) is 18.8. The van der Waals surface area contributed by atoms with Gasteiger partial charge < -0.3 is 14.8 Å². The molecule has 0 saturated carbocycles. The van der Waals surface area contributed by atoms with E-state index in [1.54, 1.807) is 25.6 Å². The molecule has 0 aliphatic heterocycles. The summed E-state index contributed by atoms with van der Waals surface area (Å²) in [6.45, 7) is 2.28. The number of ether oxygens (including phenoxy) is 2. The smallest absolute Gasteiger partial charge is 0.258 e. The van der Waals surface area contributed by atoms with Gasteiger partial charge in [-0.15, -0.1) is 0 Å². The van der Waals surface area contributed by atoms with Crippen LogP contribution in [0.2, 0.25) is 0 Å². The first kappa shape index (κ1) is 21.0. The Balaban J connectivity index is 1.68. The number of nitrogens with zero attached hydrogens (tertiary/aromatic N) is 3. The van der Waals surface area contributed by atoms with Crippen LogP contribution in [0.25, 0.3) is 11.4 Å². The molecule has 2 aromatic heterocycles. The number of rotatable bonds is 7. The highest BCUT2D eigenvalue weighted by molar-refractivity contribution is 5.96. The van der Waals surface area contributed by atoms with E-state index in [1.807, 2.05) is 61.5 Å². The van der Waals surface area contributed by atoms with E-state index < -0.39 is 0 Å². The molecule has 7 heteroatoms. The summed E-state index contributed by atoms with van der Waals surface area (Å²) < 4.78 is 11.5. The van der Waals surface area contributed by atoms with Gasteiger partial charge in [-0.2, -0.15) is 4.98 Å². The third-order valence-electron chi connectivity index (χ3n) is 4.73. The molecule has 0 spiro atoms. The van der Waals surface area contributed by atoms with Crippen LogP contribution in [-0.4, -0.2) is 28.0 Å². The zero-order valence-electron chi connectivity index (χ0n) is 17.8. The third kappa shape index (κ3) is 4.89. The minimum Gasteiger partial charge on any atom is -0.493 e. The van der Waals surface area contributed by atoms with Crippen molar-refractivity contribution in [2.45, 2.75) is 13.5 Å². The van der Waals surface area contributed by atoms with E-state index in [1.165, 1.54) is 6.20 Å². The third-order valence-corrected chi connectivity index (χ3v) is 4.73. The Bertz CT molecular complexity index is 1210. The van der Waals surface area contributed by atoms with Gasteiger partial charge in [0, 0.05) is 30.7 Å². The van der Waals surface area contributed by atoms with Gasteiger partial charge in [0.1, 0.15) is 5.56 Å². The summed E-state index contributed by atoms with van der Waals surface area (Å²) in [4.78, 5) is 26.0. The highest BCUT2D eigenvalue weighted by atomic mass is 16.5. The summed E-state index contributed by atoms with van der Waals surface area (Å²) in [5, 5.41) is 2.87. The monoisotopic (exact) mass is 426 g/mol. The Labute approximate surface area is 186 Å². The molecule has 0 bridgehead atoms. The fourth-order valence-corrected chi connectivity index (χ4v) is 3.07. The number of nitrogens with one attached hydrogen (secondary N) is 1. The number of pyridine rings is 1.